The van der Waals surface area contributed by atoms with E-state index >= 15 is 0 Å². The largest absolute Gasteiger partial charge is 0.454 e. The van der Waals surface area contributed by atoms with E-state index in [2.05, 4.69) is 20.6 Å². The number of rotatable bonds is 5. The molecule has 2 N–H and O–H groups in total. The van der Waals surface area contributed by atoms with Crippen molar-refractivity contribution in [2.24, 2.45) is 0 Å². The van der Waals surface area contributed by atoms with Gasteiger partial charge in [-0.1, -0.05) is 6.07 Å². The van der Waals surface area contributed by atoms with Gasteiger partial charge in [0.2, 0.25) is 6.79 Å². The van der Waals surface area contributed by atoms with Crippen molar-refractivity contribution in [2.45, 2.75) is 13.1 Å². The molecule has 1 aliphatic rings. The molecule has 1 aliphatic heterocycles. The monoisotopic (exact) mass is 368 g/mol. The van der Waals surface area contributed by atoms with Gasteiger partial charge < -0.3 is 20.1 Å². The first kappa shape index (κ1) is 16.3. The van der Waals surface area contributed by atoms with Crippen LogP contribution in [0.2, 0.25) is 0 Å². The third kappa shape index (κ3) is 3.60. The molecule has 0 fully saturated rings. The number of carbonyl (C=O) groups excluding carboxylic acids is 1. The molecule has 2 amide bonds. The summed E-state index contributed by atoms with van der Waals surface area (Å²) in [5.41, 5.74) is 3.44. The van der Waals surface area contributed by atoms with Crippen LogP contribution < -0.4 is 20.1 Å². The van der Waals surface area contributed by atoms with E-state index in [-0.39, 0.29) is 12.8 Å². The highest BCUT2D eigenvalue weighted by atomic mass is 32.1. The minimum atomic E-state index is -0.274. The molecule has 132 valence electrons. The van der Waals surface area contributed by atoms with Crippen molar-refractivity contribution >= 4 is 17.4 Å². The van der Waals surface area contributed by atoms with Crippen LogP contribution in [-0.4, -0.2) is 22.8 Å². The third-order valence-corrected chi connectivity index (χ3v) is 4.56. The molecule has 0 unspecified atom stereocenters. The molecule has 1 aromatic carbocycles. The summed E-state index contributed by atoms with van der Waals surface area (Å²) in [6.45, 7) is 0.920. The van der Waals surface area contributed by atoms with Crippen molar-refractivity contribution in [3.63, 3.8) is 0 Å². The molecular weight excluding hydrogens is 352 g/mol. The minimum absolute atomic E-state index is 0.233. The quantitative estimate of drug-likeness (QED) is 0.723. The number of aromatic nitrogens is 2. The van der Waals surface area contributed by atoms with Crippen LogP contribution in [0.5, 0.6) is 11.5 Å². The Morgan fingerprint density at radius 3 is 2.81 bits per heavy atom. The van der Waals surface area contributed by atoms with Crippen molar-refractivity contribution in [3.05, 3.63) is 58.7 Å². The Bertz CT molecular complexity index is 915. The van der Waals surface area contributed by atoms with Gasteiger partial charge in [-0.15, -0.1) is 0 Å². The lowest BCUT2D eigenvalue weighted by Crippen LogP contribution is -2.34. The van der Waals surface area contributed by atoms with E-state index in [1.54, 1.807) is 23.7 Å². The van der Waals surface area contributed by atoms with E-state index in [0.717, 1.165) is 28.3 Å². The average Bonchev–Trinajstić information content (AvgIpc) is 3.36. The Hall–Kier alpha value is -3.13. The van der Waals surface area contributed by atoms with Crippen molar-refractivity contribution in [3.8, 4) is 22.8 Å². The lowest BCUT2D eigenvalue weighted by Gasteiger charge is -2.10. The van der Waals surface area contributed by atoms with Gasteiger partial charge in [0.25, 0.3) is 0 Å². The molecule has 0 aliphatic carbocycles. The number of fused-ring (bicyclic) bond motifs is 1. The summed E-state index contributed by atoms with van der Waals surface area (Å²) in [5, 5.41) is 9.63. The van der Waals surface area contributed by atoms with Crippen LogP contribution in [0.1, 0.15) is 11.3 Å². The second-order valence-corrected chi connectivity index (χ2v) is 6.37. The standard InChI is InChI=1S/C18H16N4O3S/c23-18(21-8-12-1-2-15-16(7-12)25-11-24-15)22-9-14-17(20-5-4-19-14)13-3-6-26-10-13/h1-7,10H,8-9,11H2,(H2,21,22,23). The topological polar surface area (TPSA) is 85.4 Å². The fourth-order valence-corrected chi connectivity index (χ4v) is 3.24. The Labute approximate surface area is 154 Å². The molecule has 3 heterocycles. The number of hydrogen-bond acceptors (Lipinski definition) is 6. The molecule has 2 aromatic heterocycles. The van der Waals surface area contributed by atoms with Gasteiger partial charge in [0.05, 0.1) is 17.9 Å². The number of urea groups is 1. The first-order chi connectivity index (χ1) is 12.8. The van der Waals surface area contributed by atoms with Crippen LogP contribution in [0, 0.1) is 0 Å². The summed E-state index contributed by atoms with van der Waals surface area (Å²) in [5.74, 6) is 1.42. The molecular formula is C18H16N4O3S. The molecule has 0 saturated heterocycles. The van der Waals surface area contributed by atoms with Crippen molar-refractivity contribution in [2.75, 3.05) is 6.79 Å². The molecule has 0 saturated carbocycles. The normalized spacial score (nSPS) is 12.0. The summed E-state index contributed by atoms with van der Waals surface area (Å²) in [7, 11) is 0. The van der Waals surface area contributed by atoms with Crippen LogP contribution in [0.15, 0.2) is 47.4 Å². The van der Waals surface area contributed by atoms with E-state index < -0.39 is 0 Å². The molecule has 0 atom stereocenters. The number of nitrogens with one attached hydrogen (secondary N) is 2. The molecule has 26 heavy (non-hydrogen) atoms. The van der Waals surface area contributed by atoms with Crippen molar-refractivity contribution < 1.29 is 14.3 Å². The zero-order valence-corrected chi connectivity index (χ0v) is 14.6. The lowest BCUT2D eigenvalue weighted by atomic mass is 10.2. The van der Waals surface area contributed by atoms with Gasteiger partial charge in [0, 0.05) is 29.9 Å². The maximum atomic E-state index is 12.1. The molecule has 0 radical (unpaired) electrons. The van der Waals surface area contributed by atoms with Crippen molar-refractivity contribution in [1.82, 2.24) is 20.6 Å². The van der Waals surface area contributed by atoms with Gasteiger partial charge in [-0.05, 0) is 29.1 Å². The molecule has 3 aromatic rings. The van der Waals surface area contributed by atoms with E-state index in [4.69, 9.17) is 9.47 Å². The summed E-state index contributed by atoms with van der Waals surface area (Å²) in [4.78, 5) is 20.8. The van der Waals surface area contributed by atoms with E-state index in [0.29, 0.717) is 18.8 Å². The Morgan fingerprint density at radius 1 is 1.08 bits per heavy atom. The fraction of sp³-hybridized carbons (Fsp3) is 0.167. The second kappa shape index (κ2) is 7.40. The predicted octanol–water partition coefficient (Wildman–Crippen LogP) is 2.93. The van der Waals surface area contributed by atoms with Crippen LogP contribution in [0.4, 0.5) is 4.79 Å². The molecule has 4 rings (SSSR count). The van der Waals surface area contributed by atoms with Gasteiger partial charge in [0.15, 0.2) is 11.5 Å². The van der Waals surface area contributed by atoms with Gasteiger partial charge in [-0.25, -0.2) is 4.79 Å². The Morgan fingerprint density at radius 2 is 1.92 bits per heavy atom. The molecule has 0 spiro atoms. The highest BCUT2D eigenvalue weighted by Gasteiger charge is 2.14. The SMILES string of the molecule is O=C(NCc1ccc2c(c1)OCO2)NCc1nccnc1-c1ccsc1. The predicted molar refractivity (Wildman–Crippen MR) is 97.0 cm³/mol. The average molecular weight is 368 g/mol. The zero-order chi connectivity index (χ0) is 17.8. The number of ether oxygens (including phenoxy) is 2. The second-order valence-electron chi connectivity index (χ2n) is 5.59. The Balaban J connectivity index is 1.33. The number of thiophene rings is 1. The number of nitrogens with zero attached hydrogens (tertiary/aromatic N) is 2. The number of amides is 2. The van der Waals surface area contributed by atoms with Crippen LogP contribution in [0.25, 0.3) is 11.3 Å². The lowest BCUT2D eigenvalue weighted by molar-refractivity contribution is 0.174. The van der Waals surface area contributed by atoms with E-state index in [1.165, 1.54) is 0 Å². The Kier molecular flexibility index (Phi) is 4.65. The van der Waals surface area contributed by atoms with Crippen LogP contribution in [0.3, 0.4) is 0 Å². The number of carbonyl (C=O) groups is 1. The number of benzene rings is 1. The van der Waals surface area contributed by atoms with Gasteiger partial charge in [-0.2, -0.15) is 11.3 Å². The smallest absolute Gasteiger partial charge is 0.315 e. The van der Waals surface area contributed by atoms with Crippen molar-refractivity contribution in [1.29, 1.82) is 0 Å². The van der Waals surface area contributed by atoms with Crippen LogP contribution in [-0.2, 0) is 13.1 Å². The van der Waals surface area contributed by atoms with Gasteiger partial charge in [-0.3, -0.25) is 9.97 Å². The highest BCUT2D eigenvalue weighted by molar-refractivity contribution is 7.08. The third-order valence-electron chi connectivity index (χ3n) is 3.88. The minimum Gasteiger partial charge on any atom is -0.454 e. The van der Waals surface area contributed by atoms with Gasteiger partial charge in [0.1, 0.15) is 0 Å². The maximum absolute atomic E-state index is 12.1. The maximum Gasteiger partial charge on any atom is 0.315 e. The zero-order valence-electron chi connectivity index (χ0n) is 13.8. The summed E-state index contributed by atoms with van der Waals surface area (Å²) >= 11 is 1.60. The molecule has 7 nitrogen and oxygen atoms in total. The number of hydrogen-bond donors (Lipinski definition) is 2. The van der Waals surface area contributed by atoms with E-state index in [9.17, 15) is 4.79 Å². The highest BCUT2D eigenvalue weighted by Crippen LogP contribution is 2.32. The van der Waals surface area contributed by atoms with E-state index in [1.807, 2.05) is 35.0 Å². The van der Waals surface area contributed by atoms with Gasteiger partial charge >= 0.3 is 6.03 Å². The first-order valence-corrected chi connectivity index (χ1v) is 8.96. The van der Waals surface area contributed by atoms with Crippen LogP contribution >= 0.6 is 11.3 Å². The summed E-state index contributed by atoms with van der Waals surface area (Å²) < 4.78 is 10.6. The summed E-state index contributed by atoms with van der Waals surface area (Å²) in [6.07, 6.45) is 3.27. The summed E-state index contributed by atoms with van der Waals surface area (Å²) in [6, 6.07) is 7.30. The first-order valence-electron chi connectivity index (χ1n) is 8.02. The molecule has 0 bridgehead atoms. The molecule has 8 heteroatoms. The fourth-order valence-electron chi connectivity index (χ4n) is 2.60.